The summed E-state index contributed by atoms with van der Waals surface area (Å²) in [7, 11) is 0. The van der Waals surface area contributed by atoms with Crippen LogP contribution in [0.4, 0.5) is 10.7 Å². The first-order valence-electron chi connectivity index (χ1n) is 6.46. The summed E-state index contributed by atoms with van der Waals surface area (Å²) >= 11 is 1.35. The van der Waals surface area contributed by atoms with Gasteiger partial charge in [0.25, 0.3) is 5.91 Å². The van der Waals surface area contributed by atoms with Crippen LogP contribution in [0, 0.1) is 13.8 Å². The van der Waals surface area contributed by atoms with Crippen LogP contribution in [0.3, 0.4) is 0 Å². The molecule has 0 aliphatic heterocycles. The maximum absolute atomic E-state index is 12.1. The topological polar surface area (TPSA) is 97.2 Å². The van der Waals surface area contributed by atoms with Crippen molar-refractivity contribution in [3.05, 3.63) is 34.0 Å². The van der Waals surface area contributed by atoms with Crippen molar-refractivity contribution in [2.75, 3.05) is 17.7 Å². The van der Waals surface area contributed by atoms with Crippen LogP contribution in [-0.2, 0) is 4.74 Å². The Hall–Kier alpha value is -2.28. The van der Waals surface area contributed by atoms with Crippen LogP contribution in [-0.4, -0.2) is 23.5 Å². The molecule has 0 fully saturated rings. The van der Waals surface area contributed by atoms with Crippen LogP contribution in [0.5, 0.6) is 0 Å². The standard InChI is InChI=1S/C14H17N3O3S/c1-4-20-14(19)11-7(2)8(3)21-13(11)17-12(18)10-5-9(15)6-16-10/h5-6,16H,4,15H2,1-3H3,(H,17,18). The summed E-state index contributed by atoms with van der Waals surface area (Å²) in [6, 6.07) is 1.53. The normalized spacial score (nSPS) is 10.4. The zero-order valence-electron chi connectivity index (χ0n) is 12.1. The molecule has 112 valence electrons. The van der Waals surface area contributed by atoms with E-state index in [2.05, 4.69) is 10.3 Å². The molecule has 21 heavy (non-hydrogen) atoms. The van der Waals surface area contributed by atoms with Crippen molar-refractivity contribution in [1.29, 1.82) is 0 Å². The van der Waals surface area contributed by atoms with E-state index in [1.165, 1.54) is 23.6 Å². The lowest BCUT2D eigenvalue weighted by molar-refractivity contribution is 0.0527. The minimum Gasteiger partial charge on any atom is -0.462 e. The molecule has 0 spiro atoms. The number of amides is 1. The molecule has 1 amide bonds. The quantitative estimate of drug-likeness (QED) is 0.756. The van der Waals surface area contributed by atoms with Crippen molar-refractivity contribution >= 4 is 33.9 Å². The van der Waals surface area contributed by atoms with Crippen molar-refractivity contribution in [2.45, 2.75) is 20.8 Å². The summed E-state index contributed by atoms with van der Waals surface area (Å²) in [5.74, 6) is -0.779. The van der Waals surface area contributed by atoms with Gasteiger partial charge in [0.2, 0.25) is 0 Å². The fraction of sp³-hybridized carbons (Fsp3) is 0.286. The minimum absolute atomic E-state index is 0.285. The average Bonchev–Trinajstić information content (AvgIpc) is 2.95. The zero-order valence-corrected chi connectivity index (χ0v) is 12.9. The van der Waals surface area contributed by atoms with Gasteiger partial charge in [-0.2, -0.15) is 0 Å². The van der Waals surface area contributed by atoms with Gasteiger partial charge in [0.1, 0.15) is 10.7 Å². The maximum atomic E-state index is 12.1. The van der Waals surface area contributed by atoms with Crippen molar-refractivity contribution in [3.8, 4) is 0 Å². The summed E-state index contributed by atoms with van der Waals surface area (Å²) in [4.78, 5) is 27.9. The molecule has 0 aliphatic carbocycles. The Balaban J connectivity index is 2.29. The van der Waals surface area contributed by atoms with E-state index in [0.29, 0.717) is 21.9 Å². The number of nitrogens with one attached hydrogen (secondary N) is 2. The lowest BCUT2D eigenvalue weighted by Crippen LogP contribution is -2.15. The Morgan fingerprint density at radius 1 is 1.43 bits per heavy atom. The fourth-order valence-electron chi connectivity index (χ4n) is 1.88. The molecular weight excluding hydrogens is 290 g/mol. The van der Waals surface area contributed by atoms with Gasteiger partial charge in [0.15, 0.2) is 0 Å². The van der Waals surface area contributed by atoms with Gasteiger partial charge in [0, 0.05) is 16.8 Å². The van der Waals surface area contributed by atoms with Gasteiger partial charge < -0.3 is 20.8 Å². The van der Waals surface area contributed by atoms with Gasteiger partial charge in [0.05, 0.1) is 12.2 Å². The molecule has 2 aromatic rings. The molecule has 0 saturated heterocycles. The van der Waals surface area contributed by atoms with E-state index in [1.54, 1.807) is 6.92 Å². The van der Waals surface area contributed by atoms with Gasteiger partial charge in [-0.15, -0.1) is 11.3 Å². The number of nitrogens with two attached hydrogens (primary N) is 1. The number of hydrogen-bond donors (Lipinski definition) is 3. The van der Waals surface area contributed by atoms with Gasteiger partial charge >= 0.3 is 5.97 Å². The number of aromatic nitrogens is 1. The summed E-state index contributed by atoms with van der Waals surface area (Å²) in [5.41, 5.74) is 7.62. The molecular formula is C14H17N3O3S. The first-order chi connectivity index (χ1) is 9.93. The number of ether oxygens (including phenoxy) is 1. The SMILES string of the molecule is CCOC(=O)c1c(NC(=O)c2cc(N)c[nH]2)sc(C)c1C. The summed E-state index contributed by atoms with van der Waals surface area (Å²) in [5, 5.41) is 3.22. The van der Waals surface area contributed by atoms with E-state index in [-0.39, 0.29) is 12.5 Å². The van der Waals surface area contributed by atoms with Crippen LogP contribution in [0.15, 0.2) is 12.3 Å². The van der Waals surface area contributed by atoms with Crippen molar-refractivity contribution < 1.29 is 14.3 Å². The highest BCUT2D eigenvalue weighted by molar-refractivity contribution is 7.16. The Bertz CT molecular complexity index is 688. The molecule has 0 bridgehead atoms. The van der Waals surface area contributed by atoms with Crippen LogP contribution in [0.2, 0.25) is 0 Å². The highest BCUT2D eigenvalue weighted by atomic mass is 32.1. The largest absolute Gasteiger partial charge is 0.462 e. The number of hydrogen-bond acceptors (Lipinski definition) is 5. The number of carbonyl (C=O) groups excluding carboxylic acids is 2. The first-order valence-corrected chi connectivity index (χ1v) is 7.28. The molecule has 0 unspecified atom stereocenters. The molecule has 0 radical (unpaired) electrons. The third-order valence-electron chi connectivity index (χ3n) is 3.04. The molecule has 0 atom stereocenters. The number of carbonyl (C=O) groups is 2. The number of anilines is 2. The van der Waals surface area contributed by atoms with Crippen LogP contribution >= 0.6 is 11.3 Å². The Morgan fingerprint density at radius 3 is 2.71 bits per heavy atom. The first kappa shape index (κ1) is 15.1. The number of aryl methyl sites for hydroxylation is 1. The van der Waals surface area contributed by atoms with Crippen molar-refractivity contribution in [1.82, 2.24) is 4.98 Å². The predicted octanol–water partition coefficient (Wildman–Crippen LogP) is 2.70. The second-order valence-electron chi connectivity index (χ2n) is 4.51. The lowest BCUT2D eigenvalue weighted by Gasteiger charge is -2.06. The highest BCUT2D eigenvalue weighted by Gasteiger charge is 2.22. The van der Waals surface area contributed by atoms with Crippen LogP contribution in [0.1, 0.15) is 38.2 Å². The van der Waals surface area contributed by atoms with Crippen molar-refractivity contribution in [2.24, 2.45) is 0 Å². The minimum atomic E-state index is -0.430. The molecule has 2 rings (SSSR count). The fourth-order valence-corrected chi connectivity index (χ4v) is 2.92. The second-order valence-corrected chi connectivity index (χ2v) is 5.73. The van der Waals surface area contributed by atoms with Gasteiger partial charge in [-0.3, -0.25) is 4.79 Å². The second kappa shape index (κ2) is 6.01. The number of rotatable bonds is 4. The lowest BCUT2D eigenvalue weighted by atomic mass is 10.1. The van der Waals surface area contributed by atoms with Gasteiger partial charge in [-0.25, -0.2) is 4.79 Å². The zero-order chi connectivity index (χ0) is 15.6. The highest BCUT2D eigenvalue weighted by Crippen LogP contribution is 2.33. The number of esters is 1. The number of aromatic amines is 1. The van der Waals surface area contributed by atoms with Crippen LogP contribution < -0.4 is 11.1 Å². The number of nitrogen functional groups attached to an aromatic ring is 1. The molecule has 4 N–H and O–H groups in total. The molecule has 0 aliphatic rings. The molecule has 6 nitrogen and oxygen atoms in total. The molecule has 0 saturated carbocycles. The smallest absolute Gasteiger partial charge is 0.341 e. The molecule has 2 heterocycles. The van der Waals surface area contributed by atoms with Crippen molar-refractivity contribution in [3.63, 3.8) is 0 Å². The van der Waals surface area contributed by atoms with E-state index in [9.17, 15) is 9.59 Å². The Kier molecular flexibility index (Phi) is 4.32. The van der Waals surface area contributed by atoms with Gasteiger partial charge in [-0.05, 0) is 32.4 Å². The Labute approximate surface area is 126 Å². The molecule has 7 heteroatoms. The van der Waals surface area contributed by atoms with E-state index in [1.807, 2.05) is 13.8 Å². The third-order valence-corrected chi connectivity index (χ3v) is 4.16. The Morgan fingerprint density at radius 2 is 2.14 bits per heavy atom. The van der Waals surface area contributed by atoms with Gasteiger partial charge in [-0.1, -0.05) is 0 Å². The monoisotopic (exact) mass is 307 g/mol. The summed E-state index contributed by atoms with van der Waals surface area (Å²) in [6.45, 7) is 5.76. The molecule has 2 aromatic heterocycles. The molecule has 0 aromatic carbocycles. The van der Waals surface area contributed by atoms with Crippen LogP contribution in [0.25, 0.3) is 0 Å². The van der Waals surface area contributed by atoms with E-state index in [4.69, 9.17) is 10.5 Å². The summed E-state index contributed by atoms with van der Waals surface area (Å²) in [6.07, 6.45) is 1.53. The summed E-state index contributed by atoms with van der Waals surface area (Å²) < 4.78 is 5.04. The maximum Gasteiger partial charge on any atom is 0.341 e. The number of thiophene rings is 1. The average molecular weight is 307 g/mol. The third kappa shape index (κ3) is 3.08. The van der Waals surface area contributed by atoms with E-state index in [0.717, 1.165) is 10.4 Å². The number of H-pyrrole nitrogens is 1. The predicted molar refractivity (Wildman–Crippen MR) is 82.9 cm³/mol. The van der Waals surface area contributed by atoms with E-state index >= 15 is 0 Å². The van der Waals surface area contributed by atoms with E-state index < -0.39 is 5.97 Å².